The second-order valence-electron chi connectivity index (χ2n) is 4.15. The second-order valence-corrected chi connectivity index (χ2v) is 5.09. The molecular weight excluding hydrogens is 274 g/mol. The smallest absolute Gasteiger partial charge is 0.265 e. The van der Waals surface area contributed by atoms with E-state index in [-0.39, 0.29) is 5.91 Å². The van der Waals surface area contributed by atoms with Crippen LogP contribution in [-0.4, -0.2) is 16.0 Å². The largest absolute Gasteiger partial charge is 0.339 e. The highest BCUT2D eigenvalue weighted by atomic mass is 32.1. The van der Waals surface area contributed by atoms with Gasteiger partial charge in [0.15, 0.2) is 0 Å². The third kappa shape index (κ3) is 2.60. The van der Waals surface area contributed by atoms with Crippen LogP contribution in [0.2, 0.25) is 0 Å². The van der Waals surface area contributed by atoms with Gasteiger partial charge in [-0.1, -0.05) is 11.2 Å². The summed E-state index contributed by atoms with van der Waals surface area (Å²) in [7, 11) is 0. The molecule has 20 heavy (non-hydrogen) atoms. The maximum atomic E-state index is 11.9. The Morgan fingerprint density at radius 1 is 1.25 bits per heavy atom. The molecule has 3 rings (SSSR count). The molecule has 0 fully saturated rings. The van der Waals surface area contributed by atoms with Gasteiger partial charge < -0.3 is 9.84 Å². The number of hydrogen-bond acceptors (Lipinski definition) is 5. The molecule has 2 aromatic heterocycles. The summed E-state index contributed by atoms with van der Waals surface area (Å²) in [5.41, 5.74) is 1.57. The Morgan fingerprint density at radius 2 is 2.05 bits per heavy atom. The molecule has 0 saturated heterocycles. The van der Waals surface area contributed by atoms with Crippen LogP contribution < -0.4 is 5.32 Å². The molecule has 6 heteroatoms. The first-order chi connectivity index (χ1) is 9.72. The van der Waals surface area contributed by atoms with Crippen LogP contribution in [0.1, 0.15) is 15.6 Å². The highest BCUT2D eigenvalue weighted by Crippen LogP contribution is 2.19. The molecule has 0 aliphatic rings. The zero-order valence-electron chi connectivity index (χ0n) is 10.7. The summed E-state index contributed by atoms with van der Waals surface area (Å²) in [5, 5.41) is 8.55. The van der Waals surface area contributed by atoms with Gasteiger partial charge in [-0.05, 0) is 35.7 Å². The van der Waals surface area contributed by atoms with E-state index in [1.807, 2.05) is 35.7 Å². The molecule has 0 atom stereocenters. The van der Waals surface area contributed by atoms with E-state index in [1.54, 1.807) is 13.0 Å². The Balaban J connectivity index is 1.75. The van der Waals surface area contributed by atoms with E-state index in [4.69, 9.17) is 4.52 Å². The van der Waals surface area contributed by atoms with Gasteiger partial charge in [0.2, 0.25) is 11.7 Å². The number of thiophene rings is 1. The summed E-state index contributed by atoms with van der Waals surface area (Å²) in [5.74, 6) is 0.955. The lowest BCUT2D eigenvalue weighted by Crippen LogP contribution is -2.09. The predicted molar refractivity (Wildman–Crippen MR) is 76.7 cm³/mol. The minimum atomic E-state index is -0.108. The average Bonchev–Trinajstić information content (AvgIpc) is 3.10. The maximum Gasteiger partial charge on any atom is 0.265 e. The van der Waals surface area contributed by atoms with Gasteiger partial charge in [0.1, 0.15) is 0 Å². The van der Waals surface area contributed by atoms with Crippen LogP contribution in [0.5, 0.6) is 0 Å². The zero-order valence-corrected chi connectivity index (χ0v) is 11.5. The number of nitrogens with zero attached hydrogens (tertiary/aromatic N) is 2. The molecule has 0 spiro atoms. The Labute approximate surface area is 119 Å². The molecule has 0 aliphatic heterocycles. The number of anilines is 1. The van der Waals surface area contributed by atoms with E-state index in [9.17, 15) is 4.79 Å². The molecule has 0 bridgehead atoms. The summed E-state index contributed by atoms with van der Waals surface area (Å²) in [6.45, 7) is 1.74. The number of benzene rings is 1. The van der Waals surface area contributed by atoms with Crippen molar-refractivity contribution in [3.63, 3.8) is 0 Å². The zero-order chi connectivity index (χ0) is 13.9. The number of carbonyl (C=O) groups excluding carboxylic acids is 1. The van der Waals surface area contributed by atoms with Crippen LogP contribution in [0, 0.1) is 6.92 Å². The monoisotopic (exact) mass is 285 g/mol. The molecule has 2 heterocycles. The van der Waals surface area contributed by atoms with Crippen molar-refractivity contribution < 1.29 is 9.32 Å². The first kappa shape index (κ1) is 12.6. The van der Waals surface area contributed by atoms with Crippen molar-refractivity contribution in [3.8, 4) is 11.4 Å². The Bertz CT molecular complexity index is 717. The summed E-state index contributed by atoms with van der Waals surface area (Å²) in [6.07, 6.45) is 0. The molecule has 100 valence electrons. The first-order valence-corrected chi connectivity index (χ1v) is 6.86. The van der Waals surface area contributed by atoms with Crippen molar-refractivity contribution in [1.29, 1.82) is 0 Å². The normalized spacial score (nSPS) is 10.4. The first-order valence-electron chi connectivity index (χ1n) is 5.98. The minimum absolute atomic E-state index is 0.108. The Morgan fingerprint density at radius 3 is 2.65 bits per heavy atom. The fraction of sp³-hybridized carbons (Fsp3) is 0.0714. The molecule has 0 aliphatic carbocycles. The third-order valence-corrected chi connectivity index (χ3v) is 3.54. The highest BCUT2D eigenvalue weighted by Gasteiger charge is 2.08. The van der Waals surface area contributed by atoms with Gasteiger partial charge in [-0.3, -0.25) is 4.79 Å². The number of hydrogen-bond donors (Lipinski definition) is 1. The lowest BCUT2D eigenvalue weighted by molar-refractivity contribution is 0.103. The highest BCUT2D eigenvalue weighted by molar-refractivity contribution is 7.12. The summed E-state index contributed by atoms with van der Waals surface area (Å²) in [4.78, 5) is 16.7. The molecular formula is C14H11N3O2S. The SMILES string of the molecule is Cc1nc(-c2ccc(NC(=O)c3cccs3)cc2)no1. The van der Waals surface area contributed by atoms with Gasteiger partial charge in [-0.25, -0.2) is 0 Å². The quantitative estimate of drug-likeness (QED) is 0.801. The van der Waals surface area contributed by atoms with E-state index >= 15 is 0 Å². The maximum absolute atomic E-state index is 11.9. The molecule has 0 unspecified atom stereocenters. The van der Waals surface area contributed by atoms with E-state index in [1.165, 1.54) is 11.3 Å². The van der Waals surface area contributed by atoms with Crippen LogP contribution in [0.15, 0.2) is 46.3 Å². The van der Waals surface area contributed by atoms with Crippen LogP contribution in [0.3, 0.4) is 0 Å². The molecule has 5 nitrogen and oxygen atoms in total. The molecule has 1 aromatic carbocycles. The summed E-state index contributed by atoms with van der Waals surface area (Å²) < 4.78 is 4.93. The van der Waals surface area contributed by atoms with Crippen molar-refractivity contribution in [1.82, 2.24) is 10.1 Å². The molecule has 0 saturated carbocycles. The Hall–Kier alpha value is -2.47. The fourth-order valence-corrected chi connectivity index (χ4v) is 2.34. The minimum Gasteiger partial charge on any atom is -0.339 e. The summed E-state index contributed by atoms with van der Waals surface area (Å²) in [6, 6.07) is 10.9. The van der Waals surface area contributed by atoms with Crippen LogP contribution in [0.25, 0.3) is 11.4 Å². The van der Waals surface area contributed by atoms with E-state index in [0.717, 1.165) is 11.3 Å². The van der Waals surface area contributed by atoms with E-state index < -0.39 is 0 Å². The molecule has 3 aromatic rings. The number of rotatable bonds is 3. The van der Waals surface area contributed by atoms with Gasteiger partial charge in [0, 0.05) is 18.2 Å². The lowest BCUT2D eigenvalue weighted by atomic mass is 10.2. The van der Waals surface area contributed by atoms with Gasteiger partial charge in [0.25, 0.3) is 5.91 Å². The van der Waals surface area contributed by atoms with Gasteiger partial charge in [0.05, 0.1) is 4.88 Å². The second kappa shape index (κ2) is 5.26. The molecule has 1 N–H and O–H groups in total. The van der Waals surface area contributed by atoms with Crippen molar-refractivity contribution in [2.75, 3.05) is 5.32 Å². The van der Waals surface area contributed by atoms with Crippen LogP contribution >= 0.6 is 11.3 Å². The lowest BCUT2D eigenvalue weighted by Gasteiger charge is -2.03. The molecule has 1 amide bonds. The average molecular weight is 285 g/mol. The van der Waals surface area contributed by atoms with Crippen molar-refractivity contribution >= 4 is 22.9 Å². The number of aromatic nitrogens is 2. The van der Waals surface area contributed by atoms with Gasteiger partial charge in [-0.2, -0.15) is 4.98 Å². The topological polar surface area (TPSA) is 68.0 Å². The number of aryl methyl sites for hydroxylation is 1. The van der Waals surface area contributed by atoms with Gasteiger partial charge >= 0.3 is 0 Å². The number of nitrogens with one attached hydrogen (secondary N) is 1. The van der Waals surface area contributed by atoms with Gasteiger partial charge in [-0.15, -0.1) is 11.3 Å². The standard InChI is InChI=1S/C14H11N3O2S/c1-9-15-13(17-19-9)10-4-6-11(7-5-10)16-14(18)12-3-2-8-20-12/h2-8H,1H3,(H,16,18). The third-order valence-electron chi connectivity index (χ3n) is 2.67. The predicted octanol–water partition coefficient (Wildman–Crippen LogP) is 3.36. The van der Waals surface area contributed by atoms with Crippen molar-refractivity contribution in [2.45, 2.75) is 6.92 Å². The number of carbonyl (C=O) groups is 1. The molecule has 0 radical (unpaired) electrons. The van der Waals surface area contributed by atoms with Crippen LogP contribution in [0.4, 0.5) is 5.69 Å². The number of amides is 1. The van der Waals surface area contributed by atoms with Crippen molar-refractivity contribution in [2.24, 2.45) is 0 Å². The fourth-order valence-electron chi connectivity index (χ4n) is 1.72. The van der Waals surface area contributed by atoms with E-state index in [2.05, 4.69) is 15.5 Å². The van der Waals surface area contributed by atoms with Crippen LogP contribution in [-0.2, 0) is 0 Å². The Kier molecular flexibility index (Phi) is 3.30. The van der Waals surface area contributed by atoms with Crippen molar-refractivity contribution in [3.05, 3.63) is 52.5 Å². The summed E-state index contributed by atoms with van der Waals surface area (Å²) >= 11 is 1.41. The van der Waals surface area contributed by atoms with E-state index in [0.29, 0.717) is 16.6 Å².